The highest BCUT2D eigenvalue weighted by atomic mass is 16.5. The molecule has 10 heterocycles. The molecule has 3 N–H and O–H groups in total. The quantitative estimate of drug-likeness (QED) is 0.224. The molecule has 4 saturated heterocycles. The molecule has 0 unspecified atom stereocenters. The number of nitrogens with two attached hydrogens (primary N) is 1. The highest BCUT2D eigenvalue weighted by Crippen LogP contribution is 2.33. The first kappa shape index (κ1) is 43.8. The Balaban J connectivity index is 0.000000165. The van der Waals surface area contributed by atoms with Crippen LogP contribution in [0.3, 0.4) is 0 Å². The van der Waals surface area contributed by atoms with E-state index in [1.54, 1.807) is 24.5 Å². The summed E-state index contributed by atoms with van der Waals surface area (Å²) in [6.45, 7) is 18.4. The second-order valence-electron chi connectivity index (χ2n) is 16.9. The minimum atomic E-state index is -0.157. The summed E-state index contributed by atoms with van der Waals surface area (Å²) in [6.07, 6.45) is 3.44. The fourth-order valence-corrected chi connectivity index (χ4v) is 8.47. The van der Waals surface area contributed by atoms with Crippen LogP contribution in [-0.2, 0) is 23.7 Å². The third-order valence-corrected chi connectivity index (χ3v) is 12.0. The van der Waals surface area contributed by atoms with E-state index in [0.717, 1.165) is 71.1 Å². The van der Waals surface area contributed by atoms with Gasteiger partial charge in [-0.05, 0) is 76.2 Å². The van der Waals surface area contributed by atoms with E-state index in [2.05, 4.69) is 68.6 Å². The zero-order valence-electron chi connectivity index (χ0n) is 37.6. The molecule has 6 aromatic heterocycles. The van der Waals surface area contributed by atoms with E-state index in [1.807, 2.05) is 30.3 Å². The Bertz CT molecular complexity index is 2620. The zero-order valence-corrected chi connectivity index (χ0v) is 37.6. The van der Waals surface area contributed by atoms with Gasteiger partial charge in [0.15, 0.2) is 11.3 Å². The number of morpholine rings is 4. The predicted octanol–water partition coefficient (Wildman–Crippen LogP) is 4.61. The Morgan fingerprint density at radius 1 is 0.554 bits per heavy atom. The first-order valence-corrected chi connectivity index (χ1v) is 22.3. The van der Waals surface area contributed by atoms with Gasteiger partial charge in [0, 0.05) is 56.6 Å². The number of fused-ring (bicyclic) bond motifs is 2. The van der Waals surface area contributed by atoms with Crippen LogP contribution in [0, 0.1) is 0 Å². The van der Waals surface area contributed by atoms with Crippen molar-refractivity contribution in [2.24, 2.45) is 0 Å². The zero-order chi connectivity index (χ0) is 45.0. The molecule has 4 fully saturated rings. The summed E-state index contributed by atoms with van der Waals surface area (Å²) < 4.78 is 22.5. The van der Waals surface area contributed by atoms with E-state index in [4.69, 9.17) is 54.6 Å². The Labute approximate surface area is 377 Å². The fraction of sp³-hybridized carbons (Fsp3) is 0.457. The number of rotatable bonds is 7. The molecule has 4 atom stereocenters. The van der Waals surface area contributed by atoms with Gasteiger partial charge in [0.25, 0.3) is 0 Å². The van der Waals surface area contributed by atoms with E-state index in [0.29, 0.717) is 87.7 Å². The van der Waals surface area contributed by atoms with Gasteiger partial charge in [0.05, 0.1) is 99.2 Å². The van der Waals surface area contributed by atoms with Gasteiger partial charge in [0.1, 0.15) is 23.3 Å². The molecular formula is C46H56N14O5. The van der Waals surface area contributed by atoms with Crippen molar-refractivity contribution in [2.75, 3.05) is 110 Å². The lowest BCUT2D eigenvalue weighted by atomic mass is 10.1. The molecule has 65 heavy (non-hydrogen) atoms. The molecule has 0 bridgehead atoms. The SMILES string of the molecule is CC(=O)Nc1ccc(-c2ccc3c(N4CCOC[C@@H]4C)nc(N4CCOC[C@@H]4C)nc3n2)cn1.C[C@H]1COCCN1c1nc(N2CCOC[C@@H]2C)c2ccc(-c3ccc(N)nc3)nc2n1. The van der Waals surface area contributed by atoms with E-state index >= 15 is 0 Å². The molecule has 19 heteroatoms. The predicted molar refractivity (Wildman–Crippen MR) is 250 cm³/mol. The van der Waals surface area contributed by atoms with Crippen LogP contribution in [0.25, 0.3) is 44.6 Å². The summed E-state index contributed by atoms with van der Waals surface area (Å²) in [5.74, 6) is 3.98. The molecule has 6 aromatic rings. The van der Waals surface area contributed by atoms with Crippen LogP contribution in [0.2, 0.25) is 0 Å². The summed E-state index contributed by atoms with van der Waals surface area (Å²) in [7, 11) is 0. The van der Waals surface area contributed by atoms with Gasteiger partial charge >= 0.3 is 0 Å². The summed E-state index contributed by atoms with van der Waals surface area (Å²) in [5, 5.41) is 4.53. The molecule has 340 valence electrons. The number of ether oxygens (including phenoxy) is 4. The van der Waals surface area contributed by atoms with Crippen LogP contribution < -0.4 is 30.7 Å². The Morgan fingerprint density at radius 2 is 0.985 bits per heavy atom. The molecule has 4 aliphatic rings. The highest BCUT2D eigenvalue weighted by Gasteiger charge is 2.29. The van der Waals surface area contributed by atoms with Crippen LogP contribution >= 0.6 is 0 Å². The number of carbonyl (C=O) groups is 1. The van der Waals surface area contributed by atoms with Crippen molar-refractivity contribution in [3.05, 3.63) is 60.9 Å². The first-order chi connectivity index (χ1) is 31.6. The van der Waals surface area contributed by atoms with Crippen molar-refractivity contribution >= 4 is 63.1 Å². The first-order valence-electron chi connectivity index (χ1n) is 22.3. The highest BCUT2D eigenvalue weighted by molar-refractivity contribution is 5.91. The van der Waals surface area contributed by atoms with Gasteiger partial charge in [-0.15, -0.1) is 0 Å². The Hall–Kier alpha value is -6.41. The molecule has 0 saturated carbocycles. The smallest absolute Gasteiger partial charge is 0.229 e. The van der Waals surface area contributed by atoms with Gasteiger partial charge in [-0.25, -0.2) is 19.9 Å². The number of nitrogens with one attached hydrogen (secondary N) is 1. The maximum atomic E-state index is 11.3. The number of nitrogen functional groups attached to an aromatic ring is 1. The monoisotopic (exact) mass is 884 g/mol. The van der Waals surface area contributed by atoms with Gasteiger partial charge in [-0.2, -0.15) is 19.9 Å². The molecule has 0 spiro atoms. The Morgan fingerprint density at radius 3 is 1.37 bits per heavy atom. The van der Waals surface area contributed by atoms with Gasteiger partial charge < -0.3 is 49.6 Å². The lowest BCUT2D eigenvalue weighted by Gasteiger charge is -2.37. The van der Waals surface area contributed by atoms with Crippen molar-refractivity contribution in [2.45, 2.75) is 58.8 Å². The normalized spacial score (nSPS) is 21.6. The number of carbonyl (C=O) groups excluding carboxylic acids is 1. The van der Waals surface area contributed by atoms with E-state index in [9.17, 15) is 4.79 Å². The average molecular weight is 885 g/mol. The summed E-state index contributed by atoms with van der Waals surface area (Å²) in [4.78, 5) is 58.4. The van der Waals surface area contributed by atoms with Crippen LogP contribution in [-0.4, -0.2) is 149 Å². The topological polar surface area (TPSA) is 208 Å². The molecule has 0 aliphatic carbocycles. The summed E-state index contributed by atoms with van der Waals surface area (Å²) in [5.41, 5.74) is 10.4. The standard InChI is InChI=1S/C24H29N7O3.C22H27N7O2/c1-15-13-33-10-8-30(15)23-19-5-6-20(18-4-7-21(25-12-18)26-17(3)32)27-22(19)28-24(29-23)31-9-11-34-14-16(31)2;1-14-12-30-9-7-28(14)21-17-4-5-18(16-3-6-19(23)24-11-16)25-20(17)26-22(27-21)29-8-10-31-13-15(29)2/h4-7,12,15-16H,8-11,13-14H2,1-3H3,(H,25,26,32);3-6,11,14-15H,7-10,12-13H2,1-2H3,(H2,23,24)/t15-,16-;14-,15-/m00/s1. The van der Waals surface area contributed by atoms with Crippen LogP contribution in [0.5, 0.6) is 0 Å². The largest absolute Gasteiger partial charge is 0.384 e. The molecule has 0 radical (unpaired) electrons. The number of amides is 1. The molecule has 19 nitrogen and oxygen atoms in total. The van der Waals surface area contributed by atoms with E-state index in [-0.39, 0.29) is 30.1 Å². The second-order valence-corrected chi connectivity index (χ2v) is 16.9. The van der Waals surface area contributed by atoms with Crippen molar-refractivity contribution in [1.82, 2.24) is 39.9 Å². The number of pyridine rings is 4. The van der Waals surface area contributed by atoms with Crippen molar-refractivity contribution < 1.29 is 23.7 Å². The molecule has 0 aromatic carbocycles. The molecular weight excluding hydrogens is 829 g/mol. The van der Waals surface area contributed by atoms with Crippen molar-refractivity contribution in [3.8, 4) is 22.5 Å². The van der Waals surface area contributed by atoms with Crippen molar-refractivity contribution in [1.29, 1.82) is 0 Å². The number of nitrogens with zero attached hydrogens (tertiary/aromatic N) is 12. The van der Waals surface area contributed by atoms with Crippen LogP contribution in [0.4, 0.5) is 35.2 Å². The number of aromatic nitrogens is 8. The average Bonchev–Trinajstić information content (AvgIpc) is 3.32. The van der Waals surface area contributed by atoms with Gasteiger partial charge in [-0.3, -0.25) is 4.79 Å². The van der Waals surface area contributed by atoms with E-state index < -0.39 is 0 Å². The number of anilines is 6. The minimum Gasteiger partial charge on any atom is -0.384 e. The second kappa shape index (κ2) is 19.4. The molecule has 10 rings (SSSR count). The lowest BCUT2D eigenvalue weighted by molar-refractivity contribution is -0.114. The molecule has 4 aliphatic heterocycles. The molecule has 1 amide bonds. The Kier molecular flexibility index (Phi) is 13.1. The van der Waals surface area contributed by atoms with Gasteiger partial charge in [0.2, 0.25) is 17.8 Å². The summed E-state index contributed by atoms with van der Waals surface area (Å²) in [6, 6.07) is 16.2. The lowest BCUT2D eigenvalue weighted by Crippen LogP contribution is -2.46. The van der Waals surface area contributed by atoms with Gasteiger partial charge in [-0.1, -0.05) is 0 Å². The third-order valence-electron chi connectivity index (χ3n) is 12.0. The maximum absolute atomic E-state index is 11.3. The fourth-order valence-electron chi connectivity index (χ4n) is 8.47. The van der Waals surface area contributed by atoms with Crippen LogP contribution in [0.15, 0.2) is 60.9 Å². The summed E-state index contributed by atoms with van der Waals surface area (Å²) >= 11 is 0. The number of hydrogen-bond acceptors (Lipinski definition) is 18. The van der Waals surface area contributed by atoms with Crippen LogP contribution in [0.1, 0.15) is 34.6 Å². The minimum absolute atomic E-state index is 0.157. The van der Waals surface area contributed by atoms with Crippen molar-refractivity contribution in [3.63, 3.8) is 0 Å². The van der Waals surface area contributed by atoms with E-state index in [1.165, 1.54) is 6.92 Å². The maximum Gasteiger partial charge on any atom is 0.229 e. The third kappa shape index (κ3) is 9.68. The number of hydrogen-bond donors (Lipinski definition) is 2.